The summed E-state index contributed by atoms with van der Waals surface area (Å²) in [6, 6.07) is 0. The van der Waals surface area contributed by atoms with Crippen LogP contribution < -0.4 is 5.32 Å². The molecule has 0 bridgehead atoms. The lowest BCUT2D eigenvalue weighted by Crippen LogP contribution is -2.29. The van der Waals surface area contributed by atoms with Crippen LogP contribution >= 0.6 is 15.6 Å². The second-order valence-electron chi connectivity index (χ2n) is 4.32. The second-order valence-corrected chi connectivity index (χ2v) is 8.01. The van der Waals surface area contributed by atoms with E-state index in [0.717, 1.165) is 0 Å². The van der Waals surface area contributed by atoms with E-state index in [1.807, 2.05) is 0 Å². The summed E-state index contributed by atoms with van der Waals surface area (Å²) < 4.78 is 21.9. The molecule has 0 aromatic carbocycles. The van der Waals surface area contributed by atoms with Gasteiger partial charge in [-0.2, -0.15) is 0 Å². The lowest BCUT2D eigenvalue weighted by atomic mass is 10.2. The third kappa shape index (κ3) is 6.26. The molecule has 1 amide bonds. The Bertz CT molecular complexity index is 434. The van der Waals surface area contributed by atoms with Crippen LogP contribution in [-0.4, -0.2) is 43.1 Å². The Morgan fingerprint density at radius 3 is 2.25 bits per heavy atom. The molecule has 0 rings (SSSR count). The zero-order chi connectivity index (χ0) is 16.0. The Balaban J connectivity index is 4.22. The highest BCUT2D eigenvalue weighted by Crippen LogP contribution is 2.61. The van der Waals surface area contributed by atoms with Gasteiger partial charge in [-0.05, 0) is 19.8 Å². The van der Waals surface area contributed by atoms with E-state index >= 15 is 0 Å². The average molecular weight is 331 g/mol. The summed E-state index contributed by atoms with van der Waals surface area (Å²) in [5, 5.41) is 8.93. The van der Waals surface area contributed by atoms with Crippen LogP contribution in [0.25, 0.3) is 0 Å². The monoisotopic (exact) mass is 331 g/mol. The normalized spacial score (nSPS) is 16.2. The standard InChI is InChI=1S/C9H19NO8P2/c1-7(11)3-4-8(12)10-6-2-5-9(13,19(14)15)20(16,17)18/h13,19H,2-6H2,1H3,(H,10,12)(H,14,15)(H2,16,17,18). The third-order valence-corrected chi connectivity index (χ3v) is 6.12. The summed E-state index contributed by atoms with van der Waals surface area (Å²) in [6.07, 6.45) is -0.639. The minimum Gasteiger partial charge on any atom is -0.370 e. The van der Waals surface area contributed by atoms with Gasteiger partial charge < -0.3 is 29.9 Å². The Morgan fingerprint density at radius 1 is 1.30 bits per heavy atom. The molecule has 0 aliphatic rings. The number of amides is 1. The van der Waals surface area contributed by atoms with Crippen molar-refractivity contribution in [2.24, 2.45) is 0 Å². The first kappa shape index (κ1) is 19.4. The molecule has 5 N–H and O–H groups in total. The summed E-state index contributed by atoms with van der Waals surface area (Å²) in [5.41, 5.74) is 0. The molecule has 0 saturated heterocycles. The number of aliphatic hydroxyl groups is 1. The van der Waals surface area contributed by atoms with Crippen molar-refractivity contribution in [3.8, 4) is 0 Å². The number of carbonyl (C=O) groups excluding carboxylic acids is 2. The molecule has 9 nitrogen and oxygen atoms in total. The highest BCUT2D eigenvalue weighted by molar-refractivity contribution is 7.66. The van der Waals surface area contributed by atoms with E-state index < -0.39 is 33.0 Å². The number of Topliss-reactive ketones (excluding diaryl/α,β-unsaturated/α-hetero) is 1. The van der Waals surface area contributed by atoms with Crippen molar-refractivity contribution in [1.82, 2.24) is 5.32 Å². The summed E-state index contributed by atoms with van der Waals surface area (Å²) >= 11 is 0. The maximum atomic E-state index is 11.2. The Hall–Kier alpha value is -0.560. The van der Waals surface area contributed by atoms with Crippen LogP contribution in [0.5, 0.6) is 0 Å². The van der Waals surface area contributed by atoms with Crippen LogP contribution in [0.2, 0.25) is 0 Å². The van der Waals surface area contributed by atoms with Crippen molar-refractivity contribution in [2.75, 3.05) is 6.54 Å². The fourth-order valence-corrected chi connectivity index (χ4v) is 3.15. The molecule has 0 aromatic heterocycles. The van der Waals surface area contributed by atoms with Crippen LogP contribution in [0, 0.1) is 0 Å². The van der Waals surface area contributed by atoms with Crippen molar-refractivity contribution >= 4 is 27.3 Å². The molecule has 0 aliphatic heterocycles. The fourth-order valence-electron chi connectivity index (χ4n) is 1.32. The number of carbonyl (C=O) groups is 2. The highest BCUT2D eigenvalue weighted by atomic mass is 31.2. The van der Waals surface area contributed by atoms with Gasteiger partial charge in [0.1, 0.15) is 5.78 Å². The molecule has 0 heterocycles. The largest absolute Gasteiger partial charge is 0.370 e. The summed E-state index contributed by atoms with van der Waals surface area (Å²) in [6.45, 7) is 1.31. The summed E-state index contributed by atoms with van der Waals surface area (Å²) in [7, 11) is -9.02. The lowest BCUT2D eigenvalue weighted by molar-refractivity contribution is -0.124. The molecule has 0 spiro atoms. The minimum atomic E-state index is -5.15. The van der Waals surface area contributed by atoms with E-state index in [0.29, 0.717) is 0 Å². The van der Waals surface area contributed by atoms with Gasteiger partial charge in [0.2, 0.25) is 19.0 Å². The smallest absolute Gasteiger partial charge is 0.366 e. The maximum absolute atomic E-state index is 11.2. The molecule has 0 radical (unpaired) electrons. The van der Waals surface area contributed by atoms with Gasteiger partial charge in [-0.3, -0.25) is 13.9 Å². The molecular weight excluding hydrogens is 312 g/mol. The predicted molar refractivity (Wildman–Crippen MR) is 70.4 cm³/mol. The molecule has 20 heavy (non-hydrogen) atoms. The van der Waals surface area contributed by atoms with Gasteiger partial charge in [0.25, 0.3) is 0 Å². The van der Waals surface area contributed by atoms with Crippen molar-refractivity contribution in [2.45, 2.75) is 37.7 Å². The van der Waals surface area contributed by atoms with E-state index in [4.69, 9.17) is 14.7 Å². The van der Waals surface area contributed by atoms with Crippen molar-refractivity contribution in [3.05, 3.63) is 0 Å². The predicted octanol–water partition coefficient (Wildman–Crippen LogP) is -0.457. The Kier molecular flexibility index (Phi) is 7.80. The first-order valence-electron chi connectivity index (χ1n) is 5.78. The zero-order valence-electron chi connectivity index (χ0n) is 10.9. The zero-order valence-corrected chi connectivity index (χ0v) is 12.8. The molecule has 0 fully saturated rings. The molecule has 0 saturated carbocycles. The van der Waals surface area contributed by atoms with Crippen molar-refractivity contribution in [1.29, 1.82) is 0 Å². The Labute approximate surface area is 116 Å². The molecule has 0 aliphatic carbocycles. The van der Waals surface area contributed by atoms with Crippen molar-refractivity contribution in [3.63, 3.8) is 0 Å². The van der Waals surface area contributed by atoms with Crippen LogP contribution in [-0.2, 0) is 18.7 Å². The number of hydrogen-bond donors (Lipinski definition) is 5. The van der Waals surface area contributed by atoms with Gasteiger partial charge in [-0.1, -0.05) is 0 Å². The van der Waals surface area contributed by atoms with Crippen molar-refractivity contribution < 1.29 is 38.5 Å². The van der Waals surface area contributed by atoms with E-state index in [-0.39, 0.29) is 31.6 Å². The molecule has 11 heteroatoms. The molecule has 118 valence electrons. The highest BCUT2D eigenvalue weighted by Gasteiger charge is 2.49. The quantitative estimate of drug-likeness (QED) is 0.280. The number of ketones is 1. The van der Waals surface area contributed by atoms with Gasteiger partial charge in [0, 0.05) is 19.4 Å². The van der Waals surface area contributed by atoms with E-state index in [2.05, 4.69) is 5.32 Å². The summed E-state index contributed by atoms with van der Waals surface area (Å²) in [5.74, 6) is -0.563. The average Bonchev–Trinajstić information content (AvgIpc) is 2.29. The fraction of sp³-hybridized carbons (Fsp3) is 0.778. The van der Waals surface area contributed by atoms with Gasteiger partial charge in [-0.15, -0.1) is 0 Å². The minimum absolute atomic E-state index is 0.00527. The molecule has 0 aromatic rings. The van der Waals surface area contributed by atoms with Crippen LogP contribution in [0.15, 0.2) is 0 Å². The van der Waals surface area contributed by atoms with Crippen LogP contribution in [0.4, 0.5) is 0 Å². The SMILES string of the molecule is CC(=O)CCC(=O)NCCCC(O)([PH](=O)O)P(=O)(O)O. The maximum Gasteiger partial charge on any atom is 0.366 e. The van der Waals surface area contributed by atoms with E-state index in [1.165, 1.54) is 6.92 Å². The first-order chi connectivity index (χ1) is 9.00. The first-order valence-corrected chi connectivity index (χ1v) is 8.75. The Morgan fingerprint density at radius 2 is 1.85 bits per heavy atom. The topological polar surface area (TPSA) is 161 Å². The molecule has 2 unspecified atom stereocenters. The molecular formula is C9H19NO8P2. The number of hydrogen-bond acceptors (Lipinski definition) is 5. The van der Waals surface area contributed by atoms with Crippen LogP contribution in [0.3, 0.4) is 0 Å². The van der Waals surface area contributed by atoms with Gasteiger partial charge in [0.15, 0.2) is 0 Å². The van der Waals surface area contributed by atoms with E-state index in [9.17, 15) is 23.8 Å². The van der Waals surface area contributed by atoms with Gasteiger partial charge >= 0.3 is 7.60 Å². The third-order valence-electron chi connectivity index (χ3n) is 2.55. The van der Waals surface area contributed by atoms with Gasteiger partial charge in [0.05, 0.1) is 0 Å². The molecule has 2 atom stereocenters. The number of rotatable bonds is 9. The van der Waals surface area contributed by atoms with E-state index in [1.54, 1.807) is 0 Å². The number of nitrogens with one attached hydrogen (secondary N) is 1. The van der Waals surface area contributed by atoms with Gasteiger partial charge in [-0.25, -0.2) is 0 Å². The lowest BCUT2D eigenvalue weighted by Gasteiger charge is -2.25. The van der Waals surface area contributed by atoms with Crippen LogP contribution in [0.1, 0.15) is 32.6 Å². The second kappa shape index (κ2) is 8.02. The summed E-state index contributed by atoms with van der Waals surface area (Å²) in [4.78, 5) is 48.4.